The molecule has 17 heavy (non-hydrogen) atoms. The van der Waals surface area contributed by atoms with Gasteiger partial charge in [-0.1, -0.05) is 11.6 Å². The lowest BCUT2D eigenvalue weighted by Crippen LogP contribution is -2.32. The molecule has 1 aromatic rings. The molecule has 3 rings (SSSR count). The Labute approximate surface area is 101 Å². The molecule has 0 amide bonds. The van der Waals surface area contributed by atoms with Crippen LogP contribution in [0.15, 0.2) is 6.07 Å². The first-order chi connectivity index (χ1) is 7.95. The number of pyridine rings is 1. The summed E-state index contributed by atoms with van der Waals surface area (Å²) >= 11 is 5.57. The molecule has 1 fully saturated rings. The van der Waals surface area contributed by atoms with E-state index in [9.17, 15) is 13.2 Å². The second-order valence-corrected chi connectivity index (χ2v) is 4.63. The van der Waals surface area contributed by atoms with Crippen molar-refractivity contribution in [1.29, 1.82) is 0 Å². The summed E-state index contributed by atoms with van der Waals surface area (Å²) in [6.45, 7) is 1.49. The van der Waals surface area contributed by atoms with Crippen molar-refractivity contribution in [3.05, 3.63) is 16.8 Å². The number of nitrogens with zero attached hydrogens (tertiary/aromatic N) is 2. The minimum absolute atomic E-state index is 0.266. The highest BCUT2D eigenvalue weighted by Gasteiger charge is 2.38. The quantitative estimate of drug-likeness (QED) is 0.730. The largest absolute Gasteiger partial charge is 0.419 e. The maximum Gasteiger partial charge on any atom is 0.419 e. The van der Waals surface area contributed by atoms with Crippen molar-refractivity contribution < 1.29 is 13.2 Å². The number of hydrogen-bond acceptors (Lipinski definition) is 3. The second-order valence-electron chi connectivity index (χ2n) is 4.27. The Morgan fingerprint density at radius 2 is 2.24 bits per heavy atom. The summed E-state index contributed by atoms with van der Waals surface area (Å²) in [5.74, 6) is 0.455. The molecule has 92 valence electrons. The fourth-order valence-corrected chi connectivity index (χ4v) is 2.56. The summed E-state index contributed by atoms with van der Waals surface area (Å²) in [6.07, 6.45) is -3.55. The van der Waals surface area contributed by atoms with E-state index in [1.54, 1.807) is 0 Å². The highest BCUT2D eigenvalue weighted by Crippen LogP contribution is 2.41. The lowest BCUT2D eigenvalue weighted by molar-refractivity contribution is -0.137. The summed E-state index contributed by atoms with van der Waals surface area (Å²) in [4.78, 5) is 5.73. The fraction of sp³-hybridized carbons (Fsp3) is 0.500. The van der Waals surface area contributed by atoms with Gasteiger partial charge in [0.15, 0.2) is 5.82 Å². The predicted octanol–water partition coefficient (Wildman–Crippen LogP) is 2.76. The van der Waals surface area contributed by atoms with Gasteiger partial charge < -0.3 is 10.2 Å². The van der Waals surface area contributed by atoms with Crippen LogP contribution in [0, 0.1) is 0 Å². The highest BCUT2D eigenvalue weighted by molar-refractivity contribution is 6.30. The lowest BCUT2D eigenvalue weighted by Gasteiger charge is -2.28. The zero-order valence-electron chi connectivity index (χ0n) is 8.68. The molecular weight excluding hydrogens is 255 g/mol. The molecule has 2 aliphatic heterocycles. The fourth-order valence-electron chi connectivity index (χ4n) is 2.32. The van der Waals surface area contributed by atoms with Crippen LogP contribution in [0.4, 0.5) is 24.7 Å². The molecule has 2 aliphatic rings. The van der Waals surface area contributed by atoms with Crippen LogP contribution >= 0.6 is 11.6 Å². The van der Waals surface area contributed by atoms with Crippen molar-refractivity contribution in [2.75, 3.05) is 23.3 Å². The molecule has 0 saturated carbocycles. The van der Waals surface area contributed by atoms with Crippen LogP contribution in [0.1, 0.15) is 12.0 Å². The molecule has 0 aromatic carbocycles. The second kappa shape index (κ2) is 3.41. The zero-order valence-corrected chi connectivity index (χ0v) is 9.44. The Morgan fingerprint density at radius 1 is 1.47 bits per heavy atom. The summed E-state index contributed by atoms with van der Waals surface area (Å²) < 4.78 is 38.1. The maximum absolute atomic E-state index is 12.7. The van der Waals surface area contributed by atoms with Crippen molar-refractivity contribution in [3.63, 3.8) is 0 Å². The summed E-state index contributed by atoms with van der Waals surface area (Å²) in [6, 6.07) is 1.35. The van der Waals surface area contributed by atoms with E-state index in [1.165, 1.54) is 0 Å². The SMILES string of the molecule is FC(F)(F)c1cc2c(nc1Cl)N[C@H]1CCN2C1. The predicted molar refractivity (Wildman–Crippen MR) is 58.5 cm³/mol. The molecule has 0 spiro atoms. The number of aromatic nitrogens is 1. The minimum Gasteiger partial charge on any atom is -0.366 e. The number of alkyl halides is 3. The number of anilines is 2. The third-order valence-corrected chi connectivity index (χ3v) is 3.42. The molecule has 1 N–H and O–H groups in total. The van der Waals surface area contributed by atoms with Crippen molar-refractivity contribution >= 4 is 23.1 Å². The molecule has 3 heterocycles. The molecule has 0 radical (unpaired) electrons. The number of nitrogens with one attached hydrogen (secondary N) is 1. The average molecular weight is 264 g/mol. The van der Waals surface area contributed by atoms with Crippen molar-refractivity contribution in [1.82, 2.24) is 4.98 Å². The Bertz CT molecular complexity index is 475. The minimum atomic E-state index is -4.46. The standard InChI is InChI=1S/C10H9ClF3N3/c11-8-6(10(12,13)14)3-7-9(16-8)15-5-1-2-17(7)4-5/h3,5H,1-2,4H2,(H,15,16)/t5-/m0/s1. The third kappa shape index (κ3) is 1.71. The van der Waals surface area contributed by atoms with Gasteiger partial charge in [-0.15, -0.1) is 0 Å². The molecule has 3 nitrogen and oxygen atoms in total. The Kier molecular flexibility index (Phi) is 2.20. The van der Waals surface area contributed by atoms with Crippen LogP contribution in [0.3, 0.4) is 0 Å². The zero-order chi connectivity index (χ0) is 12.2. The first-order valence-corrected chi connectivity index (χ1v) is 5.62. The normalized spacial score (nSPS) is 22.4. The van der Waals surface area contributed by atoms with Gasteiger partial charge in [0.05, 0.1) is 11.3 Å². The van der Waals surface area contributed by atoms with Crippen LogP contribution in [-0.2, 0) is 6.18 Å². The molecule has 0 aliphatic carbocycles. The lowest BCUT2D eigenvalue weighted by atomic mass is 10.2. The molecule has 1 saturated heterocycles. The van der Waals surface area contributed by atoms with Crippen LogP contribution in [-0.4, -0.2) is 24.1 Å². The van der Waals surface area contributed by atoms with E-state index in [2.05, 4.69) is 10.3 Å². The summed E-state index contributed by atoms with van der Waals surface area (Å²) in [5.41, 5.74) is -0.374. The monoisotopic (exact) mass is 263 g/mol. The van der Waals surface area contributed by atoms with Gasteiger partial charge in [0.25, 0.3) is 0 Å². The first kappa shape index (κ1) is 11.0. The Hall–Kier alpha value is -1.17. The van der Waals surface area contributed by atoms with Gasteiger partial charge in [0.2, 0.25) is 0 Å². The number of fused-ring (bicyclic) bond motifs is 4. The van der Waals surface area contributed by atoms with E-state index in [4.69, 9.17) is 11.6 Å². The number of hydrogen-bond donors (Lipinski definition) is 1. The van der Waals surface area contributed by atoms with Gasteiger partial charge >= 0.3 is 6.18 Å². The molecule has 1 aromatic heterocycles. The number of rotatable bonds is 0. The van der Waals surface area contributed by atoms with Crippen molar-refractivity contribution in [2.45, 2.75) is 18.6 Å². The third-order valence-electron chi connectivity index (χ3n) is 3.13. The van der Waals surface area contributed by atoms with E-state index in [0.717, 1.165) is 25.6 Å². The van der Waals surface area contributed by atoms with Crippen LogP contribution in [0.2, 0.25) is 5.15 Å². The summed E-state index contributed by atoms with van der Waals surface area (Å²) in [5, 5.41) is 2.61. The molecule has 1 atom stereocenters. The van der Waals surface area contributed by atoms with Crippen LogP contribution in [0.25, 0.3) is 0 Å². The van der Waals surface area contributed by atoms with Gasteiger partial charge in [0.1, 0.15) is 5.15 Å². The highest BCUT2D eigenvalue weighted by atomic mass is 35.5. The Balaban J connectivity index is 2.12. The van der Waals surface area contributed by atoms with Gasteiger partial charge in [-0.25, -0.2) is 4.98 Å². The van der Waals surface area contributed by atoms with Gasteiger partial charge in [-0.05, 0) is 12.5 Å². The van der Waals surface area contributed by atoms with Gasteiger partial charge in [0, 0.05) is 19.1 Å². The van der Waals surface area contributed by atoms with E-state index >= 15 is 0 Å². The summed E-state index contributed by atoms with van der Waals surface area (Å²) in [7, 11) is 0. The van der Waals surface area contributed by atoms with Crippen LogP contribution < -0.4 is 10.2 Å². The number of halogens is 4. The Morgan fingerprint density at radius 3 is 2.94 bits per heavy atom. The molecular formula is C10H9ClF3N3. The van der Waals surface area contributed by atoms with Crippen molar-refractivity contribution in [3.8, 4) is 0 Å². The molecule has 7 heteroatoms. The van der Waals surface area contributed by atoms with Gasteiger partial charge in [-0.3, -0.25) is 0 Å². The smallest absolute Gasteiger partial charge is 0.366 e. The van der Waals surface area contributed by atoms with Crippen molar-refractivity contribution in [2.24, 2.45) is 0 Å². The average Bonchev–Trinajstić information content (AvgIpc) is 2.59. The van der Waals surface area contributed by atoms with E-state index < -0.39 is 16.9 Å². The van der Waals surface area contributed by atoms with Crippen LogP contribution in [0.5, 0.6) is 0 Å². The first-order valence-electron chi connectivity index (χ1n) is 5.24. The van der Waals surface area contributed by atoms with E-state index in [0.29, 0.717) is 11.5 Å². The molecule has 0 unspecified atom stereocenters. The molecule has 2 bridgehead atoms. The van der Waals surface area contributed by atoms with Gasteiger partial charge in [-0.2, -0.15) is 13.2 Å². The van der Waals surface area contributed by atoms with E-state index in [-0.39, 0.29) is 6.04 Å². The topological polar surface area (TPSA) is 28.2 Å². The maximum atomic E-state index is 12.7. The van der Waals surface area contributed by atoms with E-state index in [1.807, 2.05) is 4.90 Å².